The van der Waals surface area contributed by atoms with Gasteiger partial charge in [0.25, 0.3) is 0 Å². The van der Waals surface area contributed by atoms with E-state index in [2.05, 4.69) is 4.98 Å². The number of hydrogen-bond donors (Lipinski definition) is 1. The molecule has 0 unspecified atom stereocenters. The SMILES string of the molecule is O=C(c1c[nH]c(C(=O)C2CCCCC2)c1)C1CCCCC1. The van der Waals surface area contributed by atoms with Gasteiger partial charge in [0.2, 0.25) is 0 Å². The Bertz CT molecular complexity index is 461. The van der Waals surface area contributed by atoms with Gasteiger partial charge in [0, 0.05) is 23.6 Å². The molecule has 3 heteroatoms. The van der Waals surface area contributed by atoms with Gasteiger partial charge >= 0.3 is 0 Å². The topological polar surface area (TPSA) is 49.9 Å². The van der Waals surface area contributed by atoms with Crippen molar-refractivity contribution in [3.63, 3.8) is 0 Å². The largest absolute Gasteiger partial charge is 0.358 e. The van der Waals surface area contributed by atoms with Crippen LogP contribution in [-0.4, -0.2) is 16.6 Å². The van der Waals surface area contributed by atoms with Crippen LogP contribution in [0.25, 0.3) is 0 Å². The summed E-state index contributed by atoms with van der Waals surface area (Å²) in [5.74, 6) is 0.772. The van der Waals surface area contributed by atoms with Crippen LogP contribution in [0.5, 0.6) is 0 Å². The van der Waals surface area contributed by atoms with Gasteiger partial charge in [0.05, 0.1) is 5.69 Å². The lowest BCUT2D eigenvalue weighted by Crippen LogP contribution is -2.18. The second-order valence-corrected chi connectivity index (χ2v) is 6.70. The van der Waals surface area contributed by atoms with Crippen LogP contribution < -0.4 is 0 Å². The van der Waals surface area contributed by atoms with Crippen LogP contribution in [0.2, 0.25) is 0 Å². The van der Waals surface area contributed by atoms with Crippen molar-refractivity contribution >= 4 is 11.6 Å². The number of hydrogen-bond acceptors (Lipinski definition) is 2. The van der Waals surface area contributed by atoms with Gasteiger partial charge in [-0.2, -0.15) is 0 Å². The molecule has 3 rings (SSSR count). The number of carbonyl (C=O) groups excluding carboxylic acids is 2. The van der Waals surface area contributed by atoms with Gasteiger partial charge < -0.3 is 4.98 Å². The fraction of sp³-hybridized carbons (Fsp3) is 0.667. The van der Waals surface area contributed by atoms with Crippen LogP contribution in [0.1, 0.15) is 85.1 Å². The Morgan fingerprint density at radius 2 is 1.33 bits per heavy atom. The maximum atomic E-state index is 12.5. The Morgan fingerprint density at radius 3 is 1.90 bits per heavy atom. The Morgan fingerprint density at radius 1 is 0.810 bits per heavy atom. The molecule has 0 spiro atoms. The molecule has 1 aromatic rings. The maximum absolute atomic E-state index is 12.5. The first-order valence-corrected chi connectivity index (χ1v) is 8.52. The lowest BCUT2D eigenvalue weighted by atomic mass is 9.83. The summed E-state index contributed by atoms with van der Waals surface area (Å²) in [7, 11) is 0. The first kappa shape index (κ1) is 14.6. The molecule has 2 aliphatic carbocycles. The van der Waals surface area contributed by atoms with Crippen molar-refractivity contribution in [3.05, 3.63) is 23.5 Å². The summed E-state index contributed by atoms with van der Waals surface area (Å²) in [6.45, 7) is 0. The van der Waals surface area contributed by atoms with Crippen molar-refractivity contribution in [3.8, 4) is 0 Å². The van der Waals surface area contributed by atoms with Crippen LogP contribution >= 0.6 is 0 Å². The molecule has 2 fully saturated rings. The summed E-state index contributed by atoms with van der Waals surface area (Å²) in [5, 5.41) is 0. The van der Waals surface area contributed by atoms with E-state index in [9.17, 15) is 9.59 Å². The third-order valence-electron chi connectivity index (χ3n) is 5.18. The minimum Gasteiger partial charge on any atom is -0.358 e. The van der Waals surface area contributed by atoms with E-state index >= 15 is 0 Å². The standard InChI is InChI=1S/C18H25NO2/c20-17(13-7-3-1-4-8-13)15-11-16(19-12-15)18(21)14-9-5-2-6-10-14/h11-14,19H,1-10H2. The molecular formula is C18H25NO2. The van der Waals surface area contributed by atoms with Crippen LogP contribution in [0, 0.1) is 11.8 Å². The molecule has 0 bridgehead atoms. The normalized spacial score (nSPS) is 21.3. The van der Waals surface area contributed by atoms with Crippen LogP contribution in [0.3, 0.4) is 0 Å². The molecule has 3 nitrogen and oxygen atoms in total. The highest BCUT2D eigenvalue weighted by Gasteiger charge is 2.26. The summed E-state index contributed by atoms with van der Waals surface area (Å²) in [5.41, 5.74) is 1.35. The summed E-state index contributed by atoms with van der Waals surface area (Å²) in [4.78, 5) is 28.0. The minimum absolute atomic E-state index is 0.162. The molecule has 2 aliphatic rings. The number of aromatic nitrogens is 1. The fourth-order valence-corrected chi connectivity index (χ4v) is 3.86. The highest BCUT2D eigenvalue weighted by molar-refractivity contribution is 6.02. The predicted octanol–water partition coefficient (Wildman–Crippen LogP) is 4.54. The zero-order chi connectivity index (χ0) is 14.7. The Labute approximate surface area is 126 Å². The van der Waals surface area contributed by atoms with Crippen molar-refractivity contribution in [2.75, 3.05) is 0 Å². The summed E-state index contributed by atoms with van der Waals surface area (Å²) in [6, 6.07) is 1.80. The highest BCUT2D eigenvalue weighted by atomic mass is 16.1. The third-order valence-corrected chi connectivity index (χ3v) is 5.18. The summed E-state index contributed by atoms with van der Waals surface area (Å²) in [6.07, 6.45) is 12.9. The van der Waals surface area contributed by atoms with E-state index in [0.717, 1.165) is 51.4 Å². The fourth-order valence-electron chi connectivity index (χ4n) is 3.86. The lowest BCUT2D eigenvalue weighted by Gasteiger charge is -2.20. The number of nitrogens with one attached hydrogen (secondary N) is 1. The van der Waals surface area contributed by atoms with Gasteiger partial charge in [-0.05, 0) is 31.7 Å². The molecule has 0 aromatic carbocycles. The van der Waals surface area contributed by atoms with E-state index in [4.69, 9.17) is 0 Å². The van der Waals surface area contributed by atoms with Gasteiger partial charge in [0.1, 0.15) is 0 Å². The number of aromatic amines is 1. The van der Waals surface area contributed by atoms with E-state index in [1.807, 2.05) is 0 Å². The number of Topliss-reactive ketones (excluding diaryl/α,β-unsaturated/α-hetero) is 2. The van der Waals surface area contributed by atoms with E-state index in [1.165, 1.54) is 12.8 Å². The first-order valence-electron chi connectivity index (χ1n) is 8.52. The second kappa shape index (κ2) is 6.59. The molecule has 2 saturated carbocycles. The maximum Gasteiger partial charge on any atom is 0.182 e. The first-order chi connectivity index (χ1) is 10.3. The summed E-state index contributed by atoms with van der Waals surface area (Å²) < 4.78 is 0. The molecular weight excluding hydrogens is 262 g/mol. The highest BCUT2D eigenvalue weighted by Crippen LogP contribution is 2.29. The molecule has 114 valence electrons. The van der Waals surface area contributed by atoms with Gasteiger partial charge in [-0.1, -0.05) is 38.5 Å². The van der Waals surface area contributed by atoms with Crippen molar-refractivity contribution in [2.24, 2.45) is 11.8 Å². The molecule has 0 atom stereocenters. The number of carbonyl (C=O) groups is 2. The molecule has 0 aliphatic heterocycles. The Hall–Kier alpha value is -1.38. The second-order valence-electron chi connectivity index (χ2n) is 6.70. The van der Waals surface area contributed by atoms with Crippen molar-refractivity contribution in [1.82, 2.24) is 4.98 Å². The average molecular weight is 287 g/mol. The van der Waals surface area contributed by atoms with Crippen molar-refractivity contribution in [2.45, 2.75) is 64.2 Å². The van der Waals surface area contributed by atoms with Gasteiger partial charge in [-0.15, -0.1) is 0 Å². The van der Waals surface area contributed by atoms with E-state index < -0.39 is 0 Å². The predicted molar refractivity (Wildman–Crippen MR) is 82.6 cm³/mol. The summed E-state index contributed by atoms with van der Waals surface area (Å²) >= 11 is 0. The van der Waals surface area contributed by atoms with Gasteiger partial charge in [-0.3, -0.25) is 9.59 Å². The van der Waals surface area contributed by atoms with Crippen molar-refractivity contribution in [1.29, 1.82) is 0 Å². The number of rotatable bonds is 4. The smallest absolute Gasteiger partial charge is 0.182 e. The molecule has 21 heavy (non-hydrogen) atoms. The molecule has 0 saturated heterocycles. The molecule has 1 aromatic heterocycles. The molecule has 0 amide bonds. The third kappa shape index (κ3) is 3.28. The molecule has 1 heterocycles. The van der Waals surface area contributed by atoms with E-state index in [1.54, 1.807) is 12.3 Å². The van der Waals surface area contributed by atoms with E-state index in [-0.39, 0.29) is 23.4 Å². The Balaban J connectivity index is 1.67. The number of ketones is 2. The zero-order valence-electron chi connectivity index (χ0n) is 12.7. The van der Waals surface area contributed by atoms with Crippen molar-refractivity contribution < 1.29 is 9.59 Å². The van der Waals surface area contributed by atoms with Crippen LogP contribution in [0.4, 0.5) is 0 Å². The monoisotopic (exact) mass is 287 g/mol. The van der Waals surface area contributed by atoms with Gasteiger partial charge in [-0.25, -0.2) is 0 Å². The van der Waals surface area contributed by atoms with Crippen LogP contribution in [-0.2, 0) is 0 Å². The van der Waals surface area contributed by atoms with E-state index in [0.29, 0.717) is 11.3 Å². The molecule has 1 N–H and O–H groups in total. The minimum atomic E-state index is 0.162. The zero-order valence-corrected chi connectivity index (χ0v) is 12.7. The quantitative estimate of drug-likeness (QED) is 0.826. The average Bonchev–Trinajstić information content (AvgIpc) is 3.05. The number of H-pyrrole nitrogens is 1. The van der Waals surface area contributed by atoms with Crippen LogP contribution in [0.15, 0.2) is 12.3 Å². The molecule has 0 radical (unpaired) electrons. The Kier molecular flexibility index (Phi) is 4.57. The lowest BCUT2D eigenvalue weighted by molar-refractivity contribution is 0.0883. The van der Waals surface area contributed by atoms with Gasteiger partial charge in [0.15, 0.2) is 11.6 Å².